The maximum Gasteiger partial charge on any atom is 0.327 e. The highest BCUT2D eigenvalue weighted by Gasteiger charge is 2.11. The summed E-state index contributed by atoms with van der Waals surface area (Å²) in [5, 5.41) is 0.575. The molecule has 0 atom stereocenters. The van der Waals surface area contributed by atoms with Crippen LogP contribution in [0.5, 0.6) is 0 Å². The molecule has 0 unspecified atom stereocenters. The Morgan fingerprint density at radius 1 is 0.964 bits per heavy atom. The molecule has 2 heterocycles. The molecule has 4 aromatic rings. The SMILES string of the molecule is Cl.O=C(c1ccc(Cl)cc1)c1ccc(Cn2cnc3c(=O)[nH]c(=O)[nH]c32)cc1. The molecule has 0 aliphatic heterocycles. The summed E-state index contributed by atoms with van der Waals surface area (Å²) in [4.78, 5) is 44.5. The number of benzene rings is 2. The van der Waals surface area contributed by atoms with Gasteiger partial charge in [0, 0.05) is 16.1 Å². The Balaban J connectivity index is 0.00000225. The molecule has 0 spiro atoms. The largest absolute Gasteiger partial charge is 0.327 e. The molecular weight excluding hydrogens is 403 g/mol. The number of aromatic amines is 2. The van der Waals surface area contributed by atoms with E-state index >= 15 is 0 Å². The van der Waals surface area contributed by atoms with Crippen molar-refractivity contribution in [3.63, 3.8) is 0 Å². The van der Waals surface area contributed by atoms with Crippen molar-refractivity contribution >= 4 is 41.0 Å². The fourth-order valence-corrected chi connectivity index (χ4v) is 2.95. The Morgan fingerprint density at radius 3 is 2.21 bits per heavy atom. The molecule has 0 saturated carbocycles. The smallest absolute Gasteiger partial charge is 0.312 e. The predicted octanol–water partition coefficient (Wildman–Crippen LogP) is 2.77. The Morgan fingerprint density at radius 2 is 1.57 bits per heavy atom. The molecule has 2 N–H and O–H groups in total. The summed E-state index contributed by atoms with van der Waals surface area (Å²) in [6.45, 7) is 0.394. The fraction of sp³-hybridized carbons (Fsp3) is 0.0526. The van der Waals surface area contributed by atoms with Crippen LogP contribution in [0.1, 0.15) is 21.5 Å². The van der Waals surface area contributed by atoms with Crippen LogP contribution in [0.2, 0.25) is 5.02 Å². The minimum absolute atomic E-state index is 0. The number of rotatable bonds is 4. The summed E-state index contributed by atoms with van der Waals surface area (Å²) in [6, 6.07) is 13.8. The van der Waals surface area contributed by atoms with E-state index in [2.05, 4.69) is 15.0 Å². The lowest BCUT2D eigenvalue weighted by Crippen LogP contribution is -2.22. The molecule has 142 valence electrons. The van der Waals surface area contributed by atoms with E-state index in [1.165, 1.54) is 6.33 Å². The van der Waals surface area contributed by atoms with E-state index in [-0.39, 0.29) is 23.7 Å². The van der Waals surface area contributed by atoms with Gasteiger partial charge in [-0.2, -0.15) is 0 Å². The van der Waals surface area contributed by atoms with Gasteiger partial charge in [-0.05, 0) is 29.8 Å². The molecule has 0 radical (unpaired) electrons. The minimum atomic E-state index is -0.585. The number of ketones is 1. The minimum Gasteiger partial charge on any atom is -0.312 e. The van der Waals surface area contributed by atoms with Crippen LogP contribution in [0.15, 0.2) is 64.4 Å². The van der Waals surface area contributed by atoms with Crippen molar-refractivity contribution in [1.82, 2.24) is 19.5 Å². The summed E-state index contributed by atoms with van der Waals surface area (Å²) in [6.07, 6.45) is 1.49. The number of H-pyrrole nitrogens is 2. The monoisotopic (exact) mass is 416 g/mol. The van der Waals surface area contributed by atoms with Crippen molar-refractivity contribution in [2.24, 2.45) is 0 Å². The van der Waals surface area contributed by atoms with Crippen LogP contribution in [0.25, 0.3) is 11.2 Å². The van der Waals surface area contributed by atoms with E-state index in [4.69, 9.17) is 11.6 Å². The van der Waals surface area contributed by atoms with Crippen molar-refractivity contribution in [2.75, 3.05) is 0 Å². The quantitative estimate of drug-likeness (QED) is 0.499. The van der Waals surface area contributed by atoms with E-state index in [0.29, 0.717) is 28.3 Å². The summed E-state index contributed by atoms with van der Waals surface area (Å²) >= 11 is 5.85. The lowest BCUT2D eigenvalue weighted by atomic mass is 10.0. The maximum atomic E-state index is 12.5. The molecule has 2 aromatic heterocycles. The normalized spacial score (nSPS) is 10.6. The number of hydrogen-bond acceptors (Lipinski definition) is 4. The molecule has 28 heavy (non-hydrogen) atoms. The first kappa shape index (κ1) is 19.6. The van der Waals surface area contributed by atoms with Gasteiger partial charge in [0.05, 0.1) is 12.9 Å². The summed E-state index contributed by atoms with van der Waals surface area (Å²) < 4.78 is 1.67. The van der Waals surface area contributed by atoms with Crippen molar-refractivity contribution in [1.29, 1.82) is 0 Å². The highest BCUT2D eigenvalue weighted by atomic mass is 35.5. The van der Waals surface area contributed by atoms with Gasteiger partial charge in [0.1, 0.15) is 5.65 Å². The number of halogens is 2. The van der Waals surface area contributed by atoms with Gasteiger partial charge >= 0.3 is 5.69 Å². The molecule has 9 heteroatoms. The summed E-state index contributed by atoms with van der Waals surface area (Å²) in [5.74, 6) is -0.0952. The third kappa shape index (κ3) is 3.76. The highest BCUT2D eigenvalue weighted by molar-refractivity contribution is 6.30. The third-order valence-electron chi connectivity index (χ3n) is 4.19. The standard InChI is InChI=1S/C19H13ClN4O3.ClH/c20-14-7-5-13(6-8-14)16(25)12-3-1-11(2-4-12)9-24-10-21-15-17(24)22-19(27)23-18(15)26;/h1-8,10H,9H2,(H2,22,23,26,27);1H. The number of hydrogen-bond donors (Lipinski definition) is 2. The van der Waals surface area contributed by atoms with E-state index in [1.54, 1.807) is 41.0 Å². The predicted molar refractivity (Wildman–Crippen MR) is 109 cm³/mol. The third-order valence-corrected chi connectivity index (χ3v) is 4.44. The molecule has 0 saturated heterocycles. The molecule has 0 aliphatic carbocycles. The van der Waals surface area contributed by atoms with E-state index in [9.17, 15) is 14.4 Å². The average Bonchev–Trinajstić information content (AvgIpc) is 3.05. The average molecular weight is 417 g/mol. The van der Waals surface area contributed by atoms with Crippen molar-refractivity contribution in [3.8, 4) is 0 Å². The van der Waals surface area contributed by atoms with Gasteiger partial charge in [-0.15, -0.1) is 12.4 Å². The zero-order valence-electron chi connectivity index (χ0n) is 14.3. The number of imidazole rings is 1. The Hall–Kier alpha value is -3.16. The van der Waals surface area contributed by atoms with Crippen LogP contribution in [-0.2, 0) is 6.54 Å². The first-order valence-electron chi connectivity index (χ1n) is 8.08. The lowest BCUT2D eigenvalue weighted by Gasteiger charge is -2.06. The van der Waals surface area contributed by atoms with Crippen LogP contribution in [-0.4, -0.2) is 25.3 Å². The Kier molecular flexibility index (Phi) is 5.48. The number of carbonyl (C=O) groups excluding carboxylic acids is 1. The van der Waals surface area contributed by atoms with Crippen molar-refractivity contribution < 1.29 is 4.79 Å². The van der Waals surface area contributed by atoms with Gasteiger partial charge in [0.25, 0.3) is 5.56 Å². The van der Waals surface area contributed by atoms with Crippen LogP contribution in [0.4, 0.5) is 0 Å². The van der Waals surface area contributed by atoms with Gasteiger partial charge < -0.3 is 4.57 Å². The number of carbonyl (C=O) groups is 1. The van der Waals surface area contributed by atoms with Crippen LogP contribution in [0, 0.1) is 0 Å². The van der Waals surface area contributed by atoms with Gasteiger partial charge in [-0.1, -0.05) is 35.9 Å². The zero-order chi connectivity index (χ0) is 19.0. The molecular formula is C19H14Cl2N4O3. The van der Waals surface area contributed by atoms with Gasteiger partial charge in [0.15, 0.2) is 11.3 Å². The first-order chi connectivity index (χ1) is 13.0. The second kappa shape index (κ2) is 7.84. The lowest BCUT2D eigenvalue weighted by molar-refractivity contribution is 0.103. The van der Waals surface area contributed by atoms with Gasteiger partial charge in [-0.25, -0.2) is 9.78 Å². The molecule has 7 nitrogen and oxygen atoms in total. The second-order valence-corrected chi connectivity index (χ2v) is 6.45. The maximum absolute atomic E-state index is 12.5. The van der Waals surface area contributed by atoms with Gasteiger partial charge in [-0.3, -0.25) is 19.6 Å². The Bertz CT molecular complexity index is 1260. The molecule has 0 fully saturated rings. The van der Waals surface area contributed by atoms with Crippen molar-refractivity contribution in [2.45, 2.75) is 6.54 Å². The number of nitrogens with zero attached hydrogens (tertiary/aromatic N) is 2. The molecule has 0 amide bonds. The Labute approximate surface area is 169 Å². The van der Waals surface area contributed by atoms with Crippen LogP contribution < -0.4 is 11.2 Å². The van der Waals surface area contributed by atoms with Crippen LogP contribution >= 0.6 is 24.0 Å². The number of aromatic nitrogens is 4. The topological polar surface area (TPSA) is 101 Å². The number of fused-ring (bicyclic) bond motifs is 1. The van der Waals surface area contributed by atoms with Crippen LogP contribution in [0.3, 0.4) is 0 Å². The first-order valence-corrected chi connectivity index (χ1v) is 8.46. The summed E-state index contributed by atoms with van der Waals surface area (Å²) in [5.41, 5.74) is 1.41. The fourth-order valence-electron chi connectivity index (χ4n) is 2.83. The van der Waals surface area contributed by atoms with Gasteiger partial charge in [0.2, 0.25) is 0 Å². The van der Waals surface area contributed by atoms with E-state index in [0.717, 1.165) is 5.56 Å². The summed E-state index contributed by atoms with van der Waals surface area (Å²) in [7, 11) is 0. The van der Waals surface area contributed by atoms with Crippen molar-refractivity contribution in [3.05, 3.63) is 97.4 Å². The second-order valence-electron chi connectivity index (χ2n) is 6.01. The zero-order valence-corrected chi connectivity index (χ0v) is 15.9. The molecule has 0 aliphatic rings. The molecule has 4 rings (SSSR count). The molecule has 2 aromatic carbocycles. The molecule has 0 bridgehead atoms. The highest BCUT2D eigenvalue weighted by Crippen LogP contribution is 2.15. The van der Waals surface area contributed by atoms with E-state index < -0.39 is 11.2 Å². The number of nitrogens with one attached hydrogen (secondary N) is 2. The van der Waals surface area contributed by atoms with E-state index in [1.807, 2.05) is 12.1 Å².